The van der Waals surface area contributed by atoms with E-state index in [1.54, 1.807) is 12.1 Å². The van der Waals surface area contributed by atoms with E-state index in [1.807, 2.05) is 19.1 Å². The zero-order valence-electron chi connectivity index (χ0n) is 11.1. The molecule has 0 amide bonds. The van der Waals surface area contributed by atoms with Crippen molar-refractivity contribution in [2.45, 2.75) is 44.4 Å². The molecule has 0 bridgehead atoms. The van der Waals surface area contributed by atoms with Crippen molar-refractivity contribution in [3.8, 4) is 0 Å². The minimum Gasteiger partial charge on any atom is -0.211 e. The van der Waals surface area contributed by atoms with Crippen LogP contribution >= 0.6 is 0 Å². The zero-order chi connectivity index (χ0) is 13.2. The molecule has 1 aromatic rings. The molecule has 1 fully saturated rings. The van der Waals surface area contributed by atoms with Gasteiger partial charge in [0.15, 0.2) is 0 Å². The van der Waals surface area contributed by atoms with Gasteiger partial charge in [-0.1, -0.05) is 38.0 Å². The van der Waals surface area contributed by atoms with Crippen LogP contribution in [0.2, 0.25) is 0 Å². The summed E-state index contributed by atoms with van der Waals surface area (Å²) >= 11 is 0. The van der Waals surface area contributed by atoms with Gasteiger partial charge in [0, 0.05) is 6.54 Å². The van der Waals surface area contributed by atoms with E-state index in [0.717, 1.165) is 18.4 Å². The Labute approximate surface area is 110 Å². The Morgan fingerprint density at radius 2 is 1.83 bits per heavy atom. The molecular formula is C14H21NO2S. The average Bonchev–Trinajstić information content (AvgIpc) is 2.75. The summed E-state index contributed by atoms with van der Waals surface area (Å²) in [4.78, 5) is 0.395. The van der Waals surface area contributed by atoms with E-state index in [1.165, 1.54) is 12.8 Å². The molecule has 0 spiro atoms. The third-order valence-corrected chi connectivity index (χ3v) is 5.44. The third kappa shape index (κ3) is 2.93. The summed E-state index contributed by atoms with van der Waals surface area (Å²) in [6.45, 7) is 4.54. The molecule has 1 N–H and O–H groups in total. The fourth-order valence-electron chi connectivity index (χ4n) is 2.61. The summed E-state index contributed by atoms with van der Waals surface area (Å²) in [6.07, 6.45) is 4.65. The third-order valence-electron chi connectivity index (χ3n) is 3.88. The molecule has 0 aliphatic heterocycles. The lowest BCUT2D eigenvalue weighted by molar-refractivity contribution is 0.336. The van der Waals surface area contributed by atoms with E-state index in [0.29, 0.717) is 11.4 Å². The summed E-state index contributed by atoms with van der Waals surface area (Å²) in [5.41, 5.74) is 0.928. The SMILES string of the molecule is Cc1ccccc1S(=O)(=O)NCC1(C)CCCC1. The number of sulfonamides is 1. The highest BCUT2D eigenvalue weighted by Gasteiger charge is 2.30. The van der Waals surface area contributed by atoms with Gasteiger partial charge in [0.2, 0.25) is 10.0 Å². The van der Waals surface area contributed by atoms with Crippen LogP contribution < -0.4 is 4.72 Å². The minimum atomic E-state index is -3.37. The highest BCUT2D eigenvalue weighted by Crippen LogP contribution is 2.37. The van der Waals surface area contributed by atoms with Crippen LogP contribution in [-0.2, 0) is 10.0 Å². The first-order valence-electron chi connectivity index (χ1n) is 6.48. The molecule has 0 atom stereocenters. The lowest BCUT2D eigenvalue weighted by Gasteiger charge is -2.23. The van der Waals surface area contributed by atoms with Crippen LogP contribution in [0.25, 0.3) is 0 Å². The van der Waals surface area contributed by atoms with Crippen LogP contribution in [0.15, 0.2) is 29.2 Å². The van der Waals surface area contributed by atoms with Crippen molar-refractivity contribution >= 4 is 10.0 Å². The van der Waals surface area contributed by atoms with E-state index in [2.05, 4.69) is 11.6 Å². The van der Waals surface area contributed by atoms with Gasteiger partial charge in [-0.25, -0.2) is 13.1 Å². The van der Waals surface area contributed by atoms with Crippen LogP contribution in [0.3, 0.4) is 0 Å². The standard InChI is InChI=1S/C14H21NO2S/c1-12-7-3-4-8-13(12)18(16,17)15-11-14(2)9-5-6-10-14/h3-4,7-8,15H,5-6,9-11H2,1-2H3. The van der Waals surface area contributed by atoms with Crippen molar-refractivity contribution < 1.29 is 8.42 Å². The monoisotopic (exact) mass is 267 g/mol. The number of benzene rings is 1. The fraction of sp³-hybridized carbons (Fsp3) is 0.571. The van der Waals surface area contributed by atoms with Crippen LogP contribution in [-0.4, -0.2) is 15.0 Å². The Balaban J connectivity index is 2.11. The molecule has 0 unspecified atom stereocenters. The molecule has 0 heterocycles. The van der Waals surface area contributed by atoms with Crippen molar-refractivity contribution in [3.05, 3.63) is 29.8 Å². The Morgan fingerprint density at radius 1 is 1.22 bits per heavy atom. The molecule has 3 nitrogen and oxygen atoms in total. The molecule has 4 heteroatoms. The largest absolute Gasteiger partial charge is 0.240 e. The summed E-state index contributed by atoms with van der Waals surface area (Å²) in [5.74, 6) is 0. The molecule has 1 aromatic carbocycles. The molecule has 100 valence electrons. The lowest BCUT2D eigenvalue weighted by Crippen LogP contribution is -2.34. The Morgan fingerprint density at radius 3 is 2.44 bits per heavy atom. The fourth-order valence-corrected chi connectivity index (χ4v) is 4.05. The Bertz CT molecular complexity index is 516. The van der Waals surface area contributed by atoms with Crippen LogP contribution in [0.4, 0.5) is 0 Å². The van der Waals surface area contributed by atoms with Crippen molar-refractivity contribution in [2.24, 2.45) is 5.41 Å². The number of hydrogen-bond donors (Lipinski definition) is 1. The number of aryl methyl sites for hydroxylation is 1. The van der Waals surface area contributed by atoms with Gasteiger partial charge in [0.1, 0.15) is 0 Å². The topological polar surface area (TPSA) is 46.2 Å². The number of rotatable bonds is 4. The molecular weight excluding hydrogens is 246 g/mol. The summed E-state index contributed by atoms with van der Waals surface area (Å²) in [5, 5.41) is 0. The van der Waals surface area contributed by atoms with Crippen molar-refractivity contribution in [3.63, 3.8) is 0 Å². The average molecular weight is 267 g/mol. The quantitative estimate of drug-likeness (QED) is 0.911. The van der Waals surface area contributed by atoms with E-state index < -0.39 is 10.0 Å². The van der Waals surface area contributed by atoms with Crippen molar-refractivity contribution in [1.29, 1.82) is 0 Å². The van der Waals surface area contributed by atoms with Crippen molar-refractivity contribution in [1.82, 2.24) is 4.72 Å². The smallest absolute Gasteiger partial charge is 0.211 e. The predicted octanol–water partition coefficient (Wildman–Crippen LogP) is 2.85. The highest BCUT2D eigenvalue weighted by atomic mass is 32.2. The molecule has 1 aliphatic carbocycles. The first-order valence-corrected chi connectivity index (χ1v) is 7.97. The van der Waals surface area contributed by atoms with Gasteiger partial charge in [0.25, 0.3) is 0 Å². The van der Waals surface area contributed by atoms with Gasteiger partial charge < -0.3 is 0 Å². The van der Waals surface area contributed by atoms with Crippen LogP contribution in [0.1, 0.15) is 38.2 Å². The normalized spacial score (nSPS) is 19.0. The lowest BCUT2D eigenvalue weighted by atomic mass is 9.89. The summed E-state index contributed by atoms with van der Waals surface area (Å²) in [7, 11) is -3.37. The minimum absolute atomic E-state index is 0.135. The van der Waals surface area contributed by atoms with Gasteiger partial charge in [0.05, 0.1) is 4.90 Å². The van der Waals surface area contributed by atoms with Crippen molar-refractivity contribution in [2.75, 3.05) is 6.54 Å². The molecule has 0 aromatic heterocycles. The molecule has 1 aliphatic rings. The van der Waals surface area contributed by atoms with E-state index in [4.69, 9.17) is 0 Å². The molecule has 2 rings (SSSR count). The van der Waals surface area contributed by atoms with Gasteiger partial charge in [-0.15, -0.1) is 0 Å². The number of nitrogens with one attached hydrogen (secondary N) is 1. The zero-order valence-corrected chi connectivity index (χ0v) is 11.9. The van der Waals surface area contributed by atoms with E-state index in [-0.39, 0.29) is 5.41 Å². The molecule has 18 heavy (non-hydrogen) atoms. The van der Waals surface area contributed by atoms with Gasteiger partial charge in [-0.2, -0.15) is 0 Å². The molecule has 1 saturated carbocycles. The van der Waals surface area contributed by atoms with Crippen LogP contribution in [0.5, 0.6) is 0 Å². The maximum Gasteiger partial charge on any atom is 0.240 e. The number of hydrogen-bond acceptors (Lipinski definition) is 2. The summed E-state index contributed by atoms with van der Waals surface area (Å²) < 4.78 is 27.3. The van der Waals surface area contributed by atoms with Gasteiger partial charge in [-0.3, -0.25) is 0 Å². The second-order valence-corrected chi connectivity index (χ2v) is 7.34. The Hall–Kier alpha value is -0.870. The highest BCUT2D eigenvalue weighted by molar-refractivity contribution is 7.89. The van der Waals surface area contributed by atoms with Gasteiger partial charge in [-0.05, 0) is 36.8 Å². The van der Waals surface area contributed by atoms with Crippen LogP contribution in [0, 0.1) is 12.3 Å². The summed E-state index contributed by atoms with van der Waals surface area (Å²) in [6, 6.07) is 7.10. The van der Waals surface area contributed by atoms with E-state index in [9.17, 15) is 8.42 Å². The Kier molecular flexibility index (Phi) is 3.78. The van der Waals surface area contributed by atoms with Gasteiger partial charge >= 0.3 is 0 Å². The first kappa shape index (κ1) is 13.6. The molecule has 0 saturated heterocycles. The maximum atomic E-state index is 12.2. The second-order valence-electron chi connectivity index (χ2n) is 5.61. The van der Waals surface area contributed by atoms with E-state index >= 15 is 0 Å². The molecule has 0 radical (unpaired) electrons. The second kappa shape index (κ2) is 5.02. The maximum absolute atomic E-state index is 12.2. The predicted molar refractivity (Wildman–Crippen MR) is 72.9 cm³/mol. The first-order chi connectivity index (χ1) is 8.43.